The van der Waals surface area contributed by atoms with Crippen molar-refractivity contribution < 1.29 is 8.42 Å². The molecule has 140 valence electrons. The minimum atomic E-state index is -3.33. The molecular formula is C18H30N4O2S. The molecule has 7 heteroatoms. The second-order valence-electron chi connectivity index (χ2n) is 7.72. The van der Waals surface area contributed by atoms with Crippen LogP contribution in [0.25, 0.3) is 0 Å². The van der Waals surface area contributed by atoms with Crippen molar-refractivity contribution in [2.45, 2.75) is 62.7 Å². The summed E-state index contributed by atoms with van der Waals surface area (Å²) in [5.41, 5.74) is 1.05. The minimum absolute atomic E-state index is 0.135. The zero-order valence-corrected chi connectivity index (χ0v) is 16.2. The number of nitrogens with zero attached hydrogens (tertiary/aromatic N) is 2. The quantitative estimate of drug-likeness (QED) is 0.772. The first-order chi connectivity index (χ1) is 11.9. The molecule has 0 unspecified atom stereocenters. The summed E-state index contributed by atoms with van der Waals surface area (Å²) in [5.74, 6) is 0.700. The van der Waals surface area contributed by atoms with E-state index in [0.29, 0.717) is 17.1 Å². The number of piperidine rings is 1. The molecule has 0 aromatic carbocycles. The fraction of sp³-hybridized carbons (Fsp3) is 0.778. The van der Waals surface area contributed by atoms with Crippen LogP contribution in [0.5, 0.6) is 0 Å². The van der Waals surface area contributed by atoms with Crippen molar-refractivity contribution in [1.82, 2.24) is 15.3 Å². The molecule has 0 amide bonds. The second kappa shape index (κ2) is 7.58. The van der Waals surface area contributed by atoms with Crippen molar-refractivity contribution in [2.24, 2.45) is 5.41 Å². The average molecular weight is 367 g/mol. The van der Waals surface area contributed by atoms with Crippen molar-refractivity contribution >= 4 is 15.8 Å². The predicted molar refractivity (Wildman–Crippen MR) is 99.7 cm³/mol. The van der Waals surface area contributed by atoms with Crippen LogP contribution in [-0.4, -0.2) is 44.3 Å². The van der Waals surface area contributed by atoms with E-state index in [-0.39, 0.29) is 10.8 Å². The highest BCUT2D eigenvalue weighted by molar-refractivity contribution is 7.90. The van der Waals surface area contributed by atoms with Crippen molar-refractivity contribution in [3.05, 3.63) is 11.9 Å². The van der Waals surface area contributed by atoms with E-state index in [4.69, 9.17) is 0 Å². The van der Waals surface area contributed by atoms with E-state index in [9.17, 15) is 8.42 Å². The largest absolute Gasteiger partial charge is 0.354 e. The molecule has 1 aliphatic carbocycles. The summed E-state index contributed by atoms with van der Waals surface area (Å²) in [6.45, 7) is 4.87. The summed E-state index contributed by atoms with van der Waals surface area (Å²) < 4.78 is 24.3. The van der Waals surface area contributed by atoms with Crippen LogP contribution < -0.4 is 10.6 Å². The zero-order chi connectivity index (χ0) is 17.9. The van der Waals surface area contributed by atoms with Gasteiger partial charge in [-0.15, -0.1) is 0 Å². The lowest BCUT2D eigenvalue weighted by Gasteiger charge is -2.42. The Labute approximate surface area is 151 Å². The Balaban J connectivity index is 1.81. The maximum Gasteiger partial charge on any atom is 0.222 e. The number of aromatic nitrogens is 2. The van der Waals surface area contributed by atoms with Gasteiger partial charge in [-0.3, -0.25) is 0 Å². The smallest absolute Gasteiger partial charge is 0.222 e. The molecule has 0 bridgehead atoms. The van der Waals surface area contributed by atoms with Gasteiger partial charge in [-0.25, -0.2) is 18.4 Å². The van der Waals surface area contributed by atoms with Crippen molar-refractivity contribution in [2.75, 3.05) is 31.2 Å². The highest BCUT2D eigenvalue weighted by atomic mass is 32.2. The molecule has 1 aromatic heterocycles. The van der Waals surface area contributed by atoms with Crippen LogP contribution in [0.15, 0.2) is 11.1 Å². The van der Waals surface area contributed by atoms with E-state index >= 15 is 0 Å². The zero-order valence-electron chi connectivity index (χ0n) is 15.3. The number of nitrogens with one attached hydrogen (secondary N) is 2. The Bertz CT molecular complexity index is 695. The van der Waals surface area contributed by atoms with Gasteiger partial charge in [-0.2, -0.15) is 0 Å². The first kappa shape index (κ1) is 18.6. The normalized spacial score (nSPS) is 23.0. The molecule has 0 spiro atoms. The third kappa shape index (κ3) is 4.31. The molecule has 1 saturated heterocycles. The van der Waals surface area contributed by atoms with Crippen LogP contribution in [0.3, 0.4) is 0 Å². The van der Waals surface area contributed by atoms with Gasteiger partial charge in [0, 0.05) is 25.3 Å². The molecule has 6 nitrogen and oxygen atoms in total. The van der Waals surface area contributed by atoms with Gasteiger partial charge in [0.15, 0.2) is 9.84 Å². The first-order valence-electron chi connectivity index (χ1n) is 9.45. The number of anilines is 1. The fourth-order valence-electron chi connectivity index (χ4n) is 4.12. The van der Waals surface area contributed by atoms with Gasteiger partial charge < -0.3 is 10.6 Å². The maximum absolute atomic E-state index is 12.1. The summed E-state index contributed by atoms with van der Waals surface area (Å²) in [6, 6.07) is 0. The van der Waals surface area contributed by atoms with E-state index in [1.165, 1.54) is 44.6 Å². The molecule has 25 heavy (non-hydrogen) atoms. The Kier molecular flexibility index (Phi) is 5.63. The highest BCUT2D eigenvalue weighted by Crippen LogP contribution is 2.44. The van der Waals surface area contributed by atoms with Crippen LogP contribution in [0.1, 0.15) is 63.5 Å². The molecule has 1 saturated carbocycles. The molecule has 2 fully saturated rings. The molecule has 2 N–H and O–H groups in total. The first-order valence-corrected chi connectivity index (χ1v) is 11.3. The molecule has 0 radical (unpaired) electrons. The molecular weight excluding hydrogens is 336 g/mol. The number of hydrogen-bond acceptors (Lipinski definition) is 6. The lowest BCUT2D eigenvalue weighted by Crippen LogP contribution is -2.37. The molecule has 2 heterocycles. The van der Waals surface area contributed by atoms with Crippen LogP contribution in [-0.2, 0) is 9.84 Å². The van der Waals surface area contributed by atoms with E-state index in [2.05, 4.69) is 27.5 Å². The Hall–Kier alpha value is -1.21. The summed E-state index contributed by atoms with van der Waals surface area (Å²) >= 11 is 0. The van der Waals surface area contributed by atoms with Crippen LogP contribution in [0.4, 0.5) is 5.95 Å². The Morgan fingerprint density at radius 1 is 1.36 bits per heavy atom. The van der Waals surface area contributed by atoms with Gasteiger partial charge in [0.2, 0.25) is 5.95 Å². The predicted octanol–water partition coefficient (Wildman–Crippen LogP) is 2.73. The lowest BCUT2D eigenvalue weighted by atomic mass is 9.66. The van der Waals surface area contributed by atoms with Gasteiger partial charge in [0.1, 0.15) is 4.90 Å². The molecule has 1 atom stereocenters. The van der Waals surface area contributed by atoms with E-state index in [0.717, 1.165) is 32.5 Å². The minimum Gasteiger partial charge on any atom is -0.354 e. The van der Waals surface area contributed by atoms with Crippen molar-refractivity contribution in [3.63, 3.8) is 0 Å². The van der Waals surface area contributed by atoms with E-state index in [1.54, 1.807) is 0 Å². The van der Waals surface area contributed by atoms with Crippen LogP contribution in [0.2, 0.25) is 0 Å². The Morgan fingerprint density at radius 3 is 2.72 bits per heavy atom. The summed E-state index contributed by atoms with van der Waals surface area (Å²) in [4.78, 5) is 9.22. The lowest BCUT2D eigenvalue weighted by molar-refractivity contribution is 0.135. The number of hydrogen-bond donors (Lipinski definition) is 2. The summed E-state index contributed by atoms with van der Waals surface area (Å²) in [7, 11) is -3.33. The van der Waals surface area contributed by atoms with Crippen molar-refractivity contribution in [3.8, 4) is 0 Å². The monoisotopic (exact) mass is 366 g/mol. The van der Waals surface area contributed by atoms with Gasteiger partial charge >= 0.3 is 0 Å². The van der Waals surface area contributed by atoms with Crippen LogP contribution >= 0.6 is 0 Å². The summed E-state index contributed by atoms with van der Waals surface area (Å²) in [6.07, 6.45) is 11.0. The number of sulfone groups is 1. The van der Waals surface area contributed by atoms with Crippen molar-refractivity contribution in [1.29, 1.82) is 0 Å². The molecule has 2 aliphatic rings. The Morgan fingerprint density at radius 2 is 2.16 bits per heavy atom. The topological polar surface area (TPSA) is 84.0 Å². The van der Waals surface area contributed by atoms with Gasteiger partial charge in [0.05, 0.1) is 11.9 Å². The molecule has 1 aromatic rings. The molecule has 1 aliphatic heterocycles. The highest BCUT2D eigenvalue weighted by Gasteiger charge is 2.36. The average Bonchev–Trinajstić information content (AvgIpc) is 2.57. The van der Waals surface area contributed by atoms with Gasteiger partial charge in [0.25, 0.3) is 0 Å². The fourth-order valence-corrected chi connectivity index (χ4v) is 4.96. The third-order valence-electron chi connectivity index (χ3n) is 5.68. The second-order valence-corrected chi connectivity index (χ2v) is 9.70. The third-order valence-corrected chi connectivity index (χ3v) is 6.80. The number of rotatable bonds is 7. The van der Waals surface area contributed by atoms with Crippen LogP contribution in [0, 0.1) is 5.41 Å². The van der Waals surface area contributed by atoms with Gasteiger partial charge in [-0.05, 0) is 44.1 Å². The van der Waals surface area contributed by atoms with E-state index < -0.39 is 9.84 Å². The van der Waals surface area contributed by atoms with E-state index in [1.807, 2.05) is 0 Å². The standard InChI is InChI=1S/C18H30N4O2S/c1-3-7-18(8-5-9-18)13-21-17-20-12-15(25(2,23)24)16(22-17)14-6-4-10-19-11-14/h12,14,19H,3-11,13H2,1-2H3,(H,20,21,22)/t14-/m0/s1. The maximum atomic E-state index is 12.1. The SMILES string of the molecule is CCCC1(CNc2ncc(S(C)(=O)=O)c([C@H]3CCCNC3)n2)CCC1. The summed E-state index contributed by atoms with van der Waals surface area (Å²) in [5, 5.41) is 6.74. The van der Waals surface area contributed by atoms with Gasteiger partial charge in [-0.1, -0.05) is 19.8 Å². The molecule has 3 rings (SSSR count).